The number of esters is 1. The summed E-state index contributed by atoms with van der Waals surface area (Å²) in [5.41, 5.74) is 0.789. The summed E-state index contributed by atoms with van der Waals surface area (Å²) in [4.78, 5) is 25.5. The first-order valence-corrected chi connectivity index (χ1v) is 10.4. The van der Waals surface area contributed by atoms with Crippen LogP contribution in [0.5, 0.6) is 11.5 Å². The number of carbonyl (C=O) groups is 2. The Hall–Kier alpha value is -2.04. The second-order valence-corrected chi connectivity index (χ2v) is 9.14. The van der Waals surface area contributed by atoms with Crippen LogP contribution in [-0.2, 0) is 14.3 Å². The van der Waals surface area contributed by atoms with Crippen LogP contribution in [0.2, 0.25) is 0 Å². The first-order chi connectivity index (χ1) is 13.4. The fraction of sp³-hybridized carbons (Fsp3) is 0.652. The van der Waals surface area contributed by atoms with E-state index in [9.17, 15) is 9.59 Å². The van der Waals surface area contributed by atoms with Crippen molar-refractivity contribution >= 4 is 11.8 Å². The quantitative estimate of drug-likeness (QED) is 0.660. The molecular weight excluding hydrogens is 356 g/mol. The molecule has 1 aromatic carbocycles. The molecule has 28 heavy (non-hydrogen) atoms. The third-order valence-corrected chi connectivity index (χ3v) is 6.90. The standard InChI is InChI=1S/C23H30O5/c1-14-4-5-19(20(6-14)26-3)27-13-21(24)28-15(2)22(25)23-10-16-7-17(11-23)9-18(8-16)12-23/h4-6,15-18H,7-13H2,1-3H3. The predicted octanol–water partition coefficient (Wildman–Crippen LogP) is 4.10. The second-order valence-electron chi connectivity index (χ2n) is 9.14. The molecule has 1 atom stereocenters. The Morgan fingerprint density at radius 2 is 1.68 bits per heavy atom. The lowest BCUT2D eigenvalue weighted by Crippen LogP contribution is -2.52. The molecule has 5 rings (SSSR count). The minimum absolute atomic E-state index is 0.118. The van der Waals surface area contributed by atoms with Crippen molar-refractivity contribution in [2.24, 2.45) is 23.2 Å². The van der Waals surface area contributed by atoms with E-state index in [2.05, 4.69) is 0 Å². The average Bonchev–Trinajstić information content (AvgIpc) is 2.65. The zero-order valence-corrected chi connectivity index (χ0v) is 17.0. The molecule has 1 unspecified atom stereocenters. The first-order valence-electron chi connectivity index (χ1n) is 10.4. The molecule has 4 fully saturated rings. The van der Waals surface area contributed by atoms with Crippen LogP contribution in [0.4, 0.5) is 0 Å². The van der Waals surface area contributed by atoms with Gasteiger partial charge in [-0.2, -0.15) is 0 Å². The van der Waals surface area contributed by atoms with Gasteiger partial charge in [-0.15, -0.1) is 0 Å². The molecule has 1 aromatic rings. The molecule has 0 amide bonds. The summed E-state index contributed by atoms with van der Waals surface area (Å²) >= 11 is 0. The fourth-order valence-electron chi connectivity index (χ4n) is 6.16. The Morgan fingerprint density at radius 3 is 2.25 bits per heavy atom. The molecule has 0 aliphatic heterocycles. The zero-order chi connectivity index (χ0) is 19.9. The molecule has 4 aliphatic carbocycles. The van der Waals surface area contributed by atoms with Crippen LogP contribution in [0.3, 0.4) is 0 Å². The Balaban J connectivity index is 1.34. The van der Waals surface area contributed by atoms with Gasteiger partial charge in [0, 0.05) is 5.41 Å². The maximum atomic E-state index is 13.2. The highest BCUT2D eigenvalue weighted by atomic mass is 16.6. The summed E-state index contributed by atoms with van der Waals surface area (Å²) < 4.78 is 16.3. The highest BCUT2D eigenvalue weighted by Gasteiger charge is 2.55. The van der Waals surface area contributed by atoms with E-state index in [1.165, 1.54) is 19.3 Å². The van der Waals surface area contributed by atoms with Crippen molar-refractivity contribution in [2.45, 2.75) is 58.5 Å². The summed E-state index contributed by atoms with van der Waals surface area (Å²) in [6, 6.07) is 5.51. The minimum atomic E-state index is -0.715. The van der Waals surface area contributed by atoms with Crippen LogP contribution in [-0.4, -0.2) is 31.6 Å². The van der Waals surface area contributed by atoms with Crippen molar-refractivity contribution < 1.29 is 23.8 Å². The monoisotopic (exact) mass is 386 g/mol. The van der Waals surface area contributed by atoms with Crippen molar-refractivity contribution in [3.8, 4) is 11.5 Å². The number of ether oxygens (including phenoxy) is 3. The van der Waals surface area contributed by atoms with E-state index in [0.29, 0.717) is 29.3 Å². The van der Waals surface area contributed by atoms with Gasteiger partial charge in [0.05, 0.1) is 7.11 Å². The molecule has 0 radical (unpaired) electrons. The number of rotatable bonds is 7. The van der Waals surface area contributed by atoms with Gasteiger partial charge < -0.3 is 14.2 Å². The lowest BCUT2D eigenvalue weighted by molar-refractivity contribution is -0.166. The Morgan fingerprint density at radius 1 is 1.07 bits per heavy atom. The number of hydrogen-bond acceptors (Lipinski definition) is 5. The van der Waals surface area contributed by atoms with Gasteiger partial charge in [0.1, 0.15) is 0 Å². The molecule has 0 saturated heterocycles. The van der Waals surface area contributed by atoms with Gasteiger partial charge in [-0.1, -0.05) is 6.07 Å². The largest absolute Gasteiger partial charge is 0.493 e. The van der Waals surface area contributed by atoms with E-state index in [4.69, 9.17) is 14.2 Å². The molecule has 0 N–H and O–H groups in total. The number of hydrogen-bond donors (Lipinski definition) is 0. The fourth-order valence-corrected chi connectivity index (χ4v) is 6.16. The van der Waals surface area contributed by atoms with E-state index in [1.807, 2.05) is 19.1 Å². The normalized spacial score (nSPS) is 31.3. The van der Waals surface area contributed by atoms with Crippen LogP contribution in [0.1, 0.15) is 51.0 Å². The highest BCUT2D eigenvalue weighted by Crippen LogP contribution is 2.60. The lowest BCUT2D eigenvalue weighted by atomic mass is 9.48. The molecule has 4 bridgehead atoms. The Kier molecular flexibility index (Phi) is 5.11. The summed E-state index contributed by atoms with van der Waals surface area (Å²) in [5.74, 6) is 2.73. The second kappa shape index (κ2) is 7.41. The van der Waals surface area contributed by atoms with Crippen molar-refractivity contribution in [1.82, 2.24) is 0 Å². The van der Waals surface area contributed by atoms with Gasteiger partial charge in [-0.05, 0) is 87.8 Å². The summed E-state index contributed by atoms with van der Waals surface area (Å²) in [5, 5.41) is 0. The lowest BCUT2D eigenvalue weighted by Gasteiger charge is -2.56. The maximum absolute atomic E-state index is 13.2. The topological polar surface area (TPSA) is 61.8 Å². The van der Waals surface area contributed by atoms with E-state index in [1.54, 1.807) is 20.1 Å². The predicted molar refractivity (Wildman–Crippen MR) is 104 cm³/mol. The maximum Gasteiger partial charge on any atom is 0.344 e. The van der Waals surface area contributed by atoms with Crippen LogP contribution in [0, 0.1) is 30.1 Å². The van der Waals surface area contributed by atoms with E-state index in [-0.39, 0.29) is 17.8 Å². The number of aryl methyl sites for hydroxylation is 1. The smallest absolute Gasteiger partial charge is 0.344 e. The molecule has 4 saturated carbocycles. The third kappa shape index (κ3) is 3.63. The molecule has 152 valence electrons. The molecule has 4 aliphatic rings. The van der Waals surface area contributed by atoms with Gasteiger partial charge in [0.25, 0.3) is 0 Å². The number of Topliss-reactive ketones (excluding diaryl/α,β-unsaturated/α-hetero) is 1. The van der Waals surface area contributed by atoms with Gasteiger partial charge in [-0.25, -0.2) is 4.79 Å². The third-order valence-electron chi connectivity index (χ3n) is 6.90. The average molecular weight is 386 g/mol. The molecule has 0 spiro atoms. The Labute approximate surface area is 166 Å². The molecule has 5 nitrogen and oxygen atoms in total. The van der Waals surface area contributed by atoms with E-state index in [0.717, 1.165) is 24.8 Å². The first kappa shape index (κ1) is 19.3. The van der Waals surface area contributed by atoms with Crippen LogP contribution in [0.15, 0.2) is 18.2 Å². The van der Waals surface area contributed by atoms with Gasteiger partial charge in [-0.3, -0.25) is 4.79 Å². The van der Waals surface area contributed by atoms with Crippen LogP contribution in [0.25, 0.3) is 0 Å². The SMILES string of the molecule is COc1cc(C)ccc1OCC(=O)OC(C)C(=O)C12CC3CC(CC(C3)C1)C2. The highest BCUT2D eigenvalue weighted by molar-refractivity contribution is 5.90. The molecular formula is C23H30O5. The molecule has 5 heteroatoms. The summed E-state index contributed by atoms with van der Waals surface area (Å²) in [6.07, 6.45) is 6.09. The number of carbonyl (C=O) groups excluding carboxylic acids is 2. The van der Waals surface area contributed by atoms with Crippen molar-refractivity contribution in [3.05, 3.63) is 23.8 Å². The number of benzene rings is 1. The molecule has 0 aromatic heterocycles. The van der Waals surface area contributed by atoms with E-state index >= 15 is 0 Å². The van der Waals surface area contributed by atoms with Crippen molar-refractivity contribution in [2.75, 3.05) is 13.7 Å². The van der Waals surface area contributed by atoms with E-state index < -0.39 is 12.1 Å². The number of methoxy groups -OCH3 is 1. The number of ketones is 1. The van der Waals surface area contributed by atoms with Gasteiger partial charge >= 0.3 is 5.97 Å². The van der Waals surface area contributed by atoms with Crippen LogP contribution < -0.4 is 9.47 Å². The Bertz CT molecular complexity index is 733. The summed E-state index contributed by atoms with van der Waals surface area (Å²) in [6.45, 7) is 3.43. The van der Waals surface area contributed by atoms with Crippen molar-refractivity contribution in [3.63, 3.8) is 0 Å². The van der Waals surface area contributed by atoms with Crippen molar-refractivity contribution in [1.29, 1.82) is 0 Å². The minimum Gasteiger partial charge on any atom is -0.493 e. The molecule has 0 heterocycles. The zero-order valence-electron chi connectivity index (χ0n) is 17.0. The summed E-state index contributed by atoms with van der Waals surface area (Å²) in [7, 11) is 1.56. The van der Waals surface area contributed by atoms with Gasteiger partial charge in [0.15, 0.2) is 30.0 Å². The van der Waals surface area contributed by atoms with Crippen LogP contribution >= 0.6 is 0 Å². The van der Waals surface area contributed by atoms with Gasteiger partial charge in [0.2, 0.25) is 0 Å².